The summed E-state index contributed by atoms with van der Waals surface area (Å²) in [6.07, 6.45) is -4.77. The third-order valence-electron chi connectivity index (χ3n) is 3.44. The van der Waals surface area contributed by atoms with Gasteiger partial charge in [0.15, 0.2) is 5.78 Å². The van der Waals surface area contributed by atoms with Crippen molar-refractivity contribution in [3.8, 4) is 5.75 Å². The van der Waals surface area contributed by atoms with Crippen LogP contribution in [0.15, 0.2) is 24.3 Å². The summed E-state index contributed by atoms with van der Waals surface area (Å²) in [6, 6.07) is 5.18. The zero-order chi connectivity index (χ0) is 16.3. The van der Waals surface area contributed by atoms with Crippen molar-refractivity contribution in [3.05, 3.63) is 29.8 Å². The average Bonchev–Trinajstić information content (AvgIpc) is 2.37. The Balaban J connectivity index is 3.05. The van der Waals surface area contributed by atoms with Crippen LogP contribution in [0.25, 0.3) is 0 Å². The quantitative estimate of drug-likeness (QED) is 0.747. The first kappa shape index (κ1) is 17.5. The number of carbonyl (C=O) groups is 1. The Kier molecular flexibility index (Phi) is 5.39. The van der Waals surface area contributed by atoms with Crippen LogP contribution in [0.5, 0.6) is 5.75 Å². The minimum atomic E-state index is -4.77. The third kappa shape index (κ3) is 4.46. The van der Waals surface area contributed by atoms with Gasteiger partial charge in [0.05, 0.1) is 5.54 Å². The second kappa shape index (κ2) is 6.47. The summed E-state index contributed by atoms with van der Waals surface area (Å²) in [5, 5.41) is 0. The number of benzene rings is 1. The van der Waals surface area contributed by atoms with Gasteiger partial charge in [0, 0.05) is 5.56 Å². The van der Waals surface area contributed by atoms with Crippen molar-refractivity contribution in [1.29, 1.82) is 0 Å². The lowest BCUT2D eigenvalue weighted by atomic mass is 9.91. The molecule has 0 saturated carbocycles. The van der Waals surface area contributed by atoms with Gasteiger partial charge in [-0.1, -0.05) is 26.0 Å². The number of alkyl halides is 3. The van der Waals surface area contributed by atoms with E-state index in [-0.39, 0.29) is 17.1 Å². The Morgan fingerprint density at radius 2 is 1.76 bits per heavy atom. The van der Waals surface area contributed by atoms with Crippen molar-refractivity contribution in [2.75, 3.05) is 13.1 Å². The summed E-state index contributed by atoms with van der Waals surface area (Å²) < 4.78 is 40.5. The number of ketones is 1. The molecule has 0 spiro atoms. The van der Waals surface area contributed by atoms with E-state index >= 15 is 0 Å². The van der Waals surface area contributed by atoms with E-state index in [2.05, 4.69) is 4.74 Å². The molecule has 0 radical (unpaired) electrons. The van der Waals surface area contributed by atoms with Crippen LogP contribution >= 0.6 is 0 Å². The summed E-state index contributed by atoms with van der Waals surface area (Å²) in [4.78, 5) is 14.5. The third-order valence-corrected chi connectivity index (χ3v) is 3.44. The maximum atomic E-state index is 12.6. The second-order valence-electron chi connectivity index (χ2n) is 5.14. The minimum absolute atomic E-state index is 0.202. The standard InChI is InChI=1S/C15H20F3NO2/c1-5-19(6-2)14(3,4)13(20)11-8-7-9-12(10-11)21-15(16,17)18/h7-10H,5-6H2,1-4H3. The van der Waals surface area contributed by atoms with E-state index in [1.807, 2.05) is 18.7 Å². The number of rotatable bonds is 6. The Bertz CT molecular complexity index is 494. The highest BCUT2D eigenvalue weighted by Gasteiger charge is 2.35. The molecule has 3 nitrogen and oxygen atoms in total. The molecule has 1 aromatic carbocycles. The number of likely N-dealkylation sites (N-methyl/N-ethyl adjacent to an activating group) is 1. The van der Waals surface area contributed by atoms with Crippen LogP contribution in [-0.2, 0) is 0 Å². The fraction of sp³-hybridized carbons (Fsp3) is 0.533. The smallest absolute Gasteiger partial charge is 0.406 e. The average molecular weight is 303 g/mol. The van der Waals surface area contributed by atoms with Gasteiger partial charge in [-0.05, 0) is 39.1 Å². The van der Waals surface area contributed by atoms with Gasteiger partial charge in [-0.3, -0.25) is 9.69 Å². The van der Waals surface area contributed by atoms with Crippen LogP contribution in [0.2, 0.25) is 0 Å². The van der Waals surface area contributed by atoms with Crippen molar-refractivity contribution < 1.29 is 22.7 Å². The SMILES string of the molecule is CCN(CC)C(C)(C)C(=O)c1cccc(OC(F)(F)F)c1. The second-order valence-corrected chi connectivity index (χ2v) is 5.14. The predicted octanol–water partition coefficient (Wildman–Crippen LogP) is 3.89. The first-order valence-corrected chi connectivity index (χ1v) is 6.77. The topological polar surface area (TPSA) is 29.5 Å². The predicted molar refractivity (Wildman–Crippen MR) is 74.5 cm³/mol. The molecule has 0 bridgehead atoms. The lowest BCUT2D eigenvalue weighted by Crippen LogP contribution is -2.49. The minimum Gasteiger partial charge on any atom is -0.406 e. The molecule has 0 aliphatic rings. The highest BCUT2D eigenvalue weighted by atomic mass is 19.4. The maximum absolute atomic E-state index is 12.6. The lowest BCUT2D eigenvalue weighted by molar-refractivity contribution is -0.274. The van der Waals surface area contributed by atoms with Crippen molar-refractivity contribution in [2.45, 2.75) is 39.6 Å². The Hall–Kier alpha value is -1.56. The number of hydrogen-bond donors (Lipinski definition) is 0. The van der Waals surface area contributed by atoms with Gasteiger partial charge in [0.2, 0.25) is 0 Å². The number of Topliss-reactive ketones (excluding diaryl/α,β-unsaturated/α-hetero) is 1. The number of nitrogens with zero attached hydrogens (tertiary/aromatic N) is 1. The molecule has 0 aliphatic carbocycles. The van der Waals surface area contributed by atoms with Gasteiger partial charge in [-0.2, -0.15) is 0 Å². The summed E-state index contributed by atoms with van der Waals surface area (Å²) in [5.74, 6) is -0.623. The van der Waals surface area contributed by atoms with E-state index in [0.717, 1.165) is 6.07 Å². The zero-order valence-corrected chi connectivity index (χ0v) is 12.6. The monoisotopic (exact) mass is 303 g/mol. The van der Waals surface area contributed by atoms with E-state index in [4.69, 9.17) is 0 Å². The number of ether oxygens (including phenoxy) is 1. The largest absolute Gasteiger partial charge is 0.573 e. The highest BCUT2D eigenvalue weighted by Crippen LogP contribution is 2.26. The first-order valence-electron chi connectivity index (χ1n) is 6.77. The van der Waals surface area contributed by atoms with Gasteiger partial charge in [0.25, 0.3) is 0 Å². The number of halogens is 3. The number of carbonyl (C=O) groups excluding carboxylic acids is 1. The van der Waals surface area contributed by atoms with Crippen LogP contribution in [0, 0.1) is 0 Å². The van der Waals surface area contributed by atoms with E-state index < -0.39 is 11.9 Å². The lowest BCUT2D eigenvalue weighted by Gasteiger charge is -2.35. The van der Waals surface area contributed by atoms with Crippen molar-refractivity contribution in [2.24, 2.45) is 0 Å². The van der Waals surface area contributed by atoms with Crippen LogP contribution in [-0.4, -0.2) is 35.7 Å². The molecular formula is C15H20F3NO2. The molecular weight excluding hydrogens is 283 g/mol. The maximum Gasteiger partial charge on any atom is 0.573 e. The molecule has 0 heterocycles. The Morgan fingerprint density at radius 1 is 1.19 bits per heavy atom. The molecule has 1 aromatic rings. The Labute approximate surface area is 122 Å². The molecule has 118 valence electrons. The highest BCUT2D eigenvalue weighted by molar-refractivity contribution is 6.02. The Morgan fingerprint density at radius 3 is 2.24 bits per heavy atom. The fourth-order valence-electron chi connectivity index (χ4n) is 2.35. The summed E-state index contributed by atoms with van der Waals surface area (Å²) >= 11 is 0. The van der Waals surface area contributed by atoms with Crippen molar-refractivity contribution in [1.82, 2.24) is 4.90 Å². The van der Waals surface area contributed by atoms with E-state index in [0.29, 0.717) is 13.1 Å². The van der Waals surface area contributed by atoms with Gasteiger partial charge >= 0.3 is 6.36 Å². The van der Waals surface area contributed by atoms with Crippen molar-refractivity contribution in [3.63, 3.8) is 0 Å². The summed E-state index contributed by atoms with van der Waals surface area (Å²) in [7, 11) is 0. The van der Waals surface area contributed by atoms with Gasteiger partial charge in [0.1, 0.15) is 5.75 Å². The zero-order valence-electron chi connectivity index (χ0n) is 12.6. The molecule has 0 unspecified atom stereocenters. The van der Waals surface area contributed by atoms with E-state index in [1.54, 1.807) is 13.8 Å². The summed E-state index contributed by atoms with van der Waals surface area (Å²) in [5.41, 5.74) is -0.589. The normalized spacial score (nSPS) is 12.6. The van der Waals surface area contributed by atoms with Crippen LogP contribution < -0.4 is 4.74 Å². The number of hydrogen-bond acceptors (Lipinski definition) is 3. The molecule has 0 aliphatic heterocycles. The fourth-order valence-corrected chi connectivity index (χ4v) is 2.35. The molecule has 0 amide bonds. The van der Waals surface area contributed by atoms with Crippen molar-refractivity contribution >= 4 is 5.78 Å². The molecule has 0 N–H and O–H groups in total. The van der Waals surface area contributed by atoms with Crippen LogP contribution in [0.1, 0.15) is 38.1 Å². The molecule has 6 heteroatoms. The van der Waals surface area contributed by atoms with E-state index in [1.165, 1.54) is 18.2 Å². The first-order chi connectivity index (χ1) is 9.61. The molecule has 21 heavy (non-hydrogen) atoms. The van der Waals surface area contributed by atoms with E-state index in [9.17, 15) is 18.0 Å². The van der Waals surface area contributed by atoms with Gasteiger partial charge in [-0.25, -0.2) is 0 Å². The molecule has 0 aromatic heterocycles. The van der Waals surface area contributed by atoms with Gasteiger partial charge in [-0.15, -0.1) is 13.2 Å². The van der Waals surface area contributed by atoms with Crippen LogP contribution in [0.3, 0.4) is 0 Å². The molecule has 0 fully saturated rings. The summed E-state index contributed by atoms with van der Waals surface area (Å²) in [6.45, 7) is 8.74. The van der Waals surface area contributed by atoms with Crippen LogP contribution in [0.4, 0.5) is 13.2 Å². The van der Waals surface area contributed by atoms with Gasteiger partial charge < -0.3 is 4.74 Å². The molecule has 1 rings (SSSR count). The molecule has 0 atom stereocenters. The molecule has 0 saturated heterocycles.